The maximum atomic E-state index is 12.9. The zero-order chi connectivity index (χ0) is 17.7. The summed E-state index contributed by atoms with van der Waals surface area (Å²) < 4.78 is 6.39. The number of nitrogens with zero attached hydrogens (tertiary/aromatic N) is 2. The lowest BCUT2D eigenvalue weighted by Crippen LogP contribution is -2.28. The van der Waals surface area contributed by atoms with E-state index < -0.39 is 5.41 Å². The molecule has 4 aromatic rings. The van der Waals surface area contributed by atoms with E-state index in [1.807, 2.05) is 35.7 Å². The van der Waals surface area contributed by atoms with Gasteiger partial charge in [-0.15, -0.1) is 11.3 Å². The molecule has 0 atom stereocenters. The number of halogens is 1. The van der Waals surface area contributed by atoms with Crippen LogP contribution in [0.5, 0.6) is 0 Å². The van der Waals surface area contributed by atoms with Crippen molar-refractivity contribution in [3.05, 3.63) is 52.5 Å². The lowest BCUT2D eigenvalue weighted by Gasteiger charge is -2.10. The molecule has 5 nitrogen and oxygen atoms in total. The van der Waals surface area contributed by atoms with E-state index in [0.717, 1.165) is 27.9 Å². The Hall–Kier alpha value is -2.22. The Bertz CT molecular complexity index is 1110. The highest BCUT2D eigenvalue weighted by Crippen LogP contribution is 2.49. The number of carbonyl (C=O) groups is 1. The minimum absolute atomic E-state index is 0.0892. The molecule has 0 saturated heterocycles. The third kappa shape index (κ3) is 2.63. The molecule has 5 rings (SSSR count). The fourth-order valence-corrected chi connectivity index (χ4v) is 4.74. The molecular formula is C18H12ClN3O2S2. The number of nitrogens with one attached hydrogen (secondary N) is 1. The van der Waals surface area contributed by atoms with E-state index in [4.69, 9.17) is 16.1 Å². The van der Waals surface area contributed by atoms with Gasteiger partial charge in [0, 0.05) is 11.1 Å². The van der Waals surface area contributed by atoms with Crippen LogP contribution in [0.1, 0.15) is 18.5 Å². The van der Waals surface area contributed by atoms with E-state index in [9.17, 15) is 4.79 Å². The van der Waals surface area contributed by atoms with Crippen LogP contribution in [-0.2, 0) is 10.2 Å². The molecule has 1 fully saturated rings. The minimum atomic E-state index is -0.617. The molecule has 130 valence electrons. The lowest BCUT2D eigenvalue weighted by atomic mass is 10.0. The average Bonchev–Trinajstić information content (AvgIpc) is 3.02. The van der Waals surface area contributed by atoms with Gasteiger partial charge in [0.15, 0.2) is 10.9 Å². The van der Waals surface area contributed by atoms with E-state index in [1.165, 1.54) is 11.3 Å². The number of aromatic nitrogens is 2. The number of hydrogen-bond donors (Lipinski definition) is 1. The number of fused-ring (bicyclic) bond motifs is 1. The van der Waals surface area contributed by atoms with Gasteiger partial charge in [-0.2, -0.15) is 0 Å². The number of carbonyl (C=O) groups excluding carboxylic acids is 1. The molecule has 1 N–H and O–H groups in total. The van der Waals surface area contributed by atoms with Crippen molar-refractivity contribution in [2.75, 3.05) is 5.32 Å². The van der Waals surface area contributed by atoms with E-state index in [1.54, 1.807) is 17.4 Å². The Balaban J connectivity index is 1.40. The number of thiophene rings is 1. The molecule has 8 heteroatoms. The second kappa shape index (κ2) is 5.90. The molecule has 3 heterocycles. The van der Waals surface area contributed by atoms with E-state index in [-0.39, 0.29) is 5.91 Å². The standard InChI is InChI=1S/C18H12ClN3O2S2/c19-10-3-4-11-14(8-10)26-17(20-11)21-16(23)18(5-6-18)15-9-12(24-22-15)13-2-1-7-25-13/h1-4,7-9H,5-6H2,(H,20,21,23). The number of hydrogen-bond acceptors (Lipinski definition) is 6. The Morgan fingerprint density at radius 1 is 1.27 bits per heavy atom. The molecule has 1 aliphatic rings. The fourth-order valence-electron chi connectivity index (χ4n) is 2.93. The quantitative estimate of drug-likeness (QED) is 0.501. The minimum Gasteiger partial charge on any atom is -0.355 e. The number of amides is 1. The predicted octanol–water partition coefficient (Wildman–Crippen LogP) is 5.34. The first-order valence-corrected chi connectivity index (χ1v) is 10.1. The van der Waals surface area contributed by atoms with Crippen LogP contribution in [0.3, 0.4) is 0 Å². The second-order valence-electron chi connectivity index (χ2n) is 6.22. The summed E-state index contributed by atoms with van der Waals surface area (Å²) in [5.74, 6) is 0.609. The predicted molar refractivity (Wildman–Crippen MR) is 104 cm³/mol. The molecule has 0 radical (unpaired) electrons. The summed E-state index contributed by atoms with van der Waals surface area (Å²) >= 11 is 9.01. The van der Waals surface area contributed by atoms with E-state index >= 15 is 0 Å². The SMILES string of the molecule is O=C(Nc1nc2ccc(Cl)cc2s1)C1(c2cc(-c3cccs3)on2)CC1. The van der Waals surface area contributed by atoms with Crippen molar-refractivity contribution in [1.82, 2.24) is 10.1 Å². The molecular weight excluding hydrogens is 390 g/mol. The lowest BCUT2D eigenvalue weighted by molar-refractivity contribution is -0.118. The van der Waals surface area contributed by atoms with E-state index in [0.29, 0.717) is 21.6 Å². The van der Waals surface area contributed by atoms with Crippen LogP contribution >= 0.6 is 34.3 Å². The molecule has 3 aromatic heterocycles. The Labute approximate surface area is 161 Å². The third-order valence-corrected chi connectivity index (χ3v) is 6.57. The van der Waals surface area contributed by atoms with Crippen LogP contribution in [0.25, 0.3) is 20.9 Å². The van der Waals surface area contributed by atoms with Crippen LogP contribution in [0.4, 0.5) is 5.13 Å². The van der Waals surface area contributed by atoms with Gasteiger partial charge in [0.25, 0.3) is 0 Å². The molecule has 0 spiro atoms. The first-order chi connectivity index (χ1) is 12.6. The van der Waals surface area contributed by atoms with Crippen LogP contribution in [-0.4, -0.2) is 16.0 Å². The normalized spacial score (nSPS) is 15.3. The van der Waals surface area contributed by atoms with Gasteiger partial charge in [0.05, 0.1) is 26.2 Å². The highest BCUT2D eigenvalue weighted by molar-refractivity contribution is 7.22. The molecule has 1 aromatic carbocycles. The van der Waals surface area contributed by atoms with Crippen molar-refractivity contribution in [2.24, 2.45) is 0 Å². The van der Waals surface area contributed by atoms with Gasteiger partial charge in [-0.1, -0.05) is 34.2 Å². The van der Waals surface area contributed by atoms with Crippen molar-refractivity contribution in [2.45, 2.75) is 18.3 Å². The van der Waals surface area contributed by atoms with E-state index in [2.05, 4.69) is 15.5 Å². The topological polar surface area (TPSA) is 68.0 Å². The van der Waals surface area contributed by atoms with Crippen LogP contribution in [0.2, 0.25) is 5.02 Å². The Morgan fingerprint density at radius 2 is 2.15 bits per heavy atom. The molecule has 1 aliphatic carbocycles. The largest absolute Gasteiger partial charge is 0.355 e. The van der Waals surface area contributed by atoms with Crippen LogP contribution in [0.15, 0.2) is 46.3 Å². The molecule has 1 amide bonds. The Morgan fingerprint density at radius 3 is 2.92 bits per heavy atom. The van der Waals surface area contributed by atoms with Gasteiger partial charge in [-0.05, 0) is 42.5 Å². The van der Waals surface area contributed by atoms with Gasteiger partial charge in [0.1, 0.15) is 0 Å². The van der Waals surface area contributed by atoms with Crippen molar-refractivity contribution < 1.29 is 9.32 Å². The van der Waals surface area contributed by atoms with Gasteiger partial charge in [-0.25, -0.2) is 4.98 Å². The van der Waals surface area contributed by atoms with Gasteiger partial charge >= 0.3 is 0 Å². The van der Waals surface area contributed by atoms with Crippen LogP contribution in [0, 0.1) is 0 Å². The molecule has 0 unspecified atom stereocenters. The van der Waals surface area contributed by atoms with Crippen molar-refractivity contribution in [1.29, 1.82) is 0 Å². The molecule has 0 bridgehead atoms. The van der Waals surface area contributed by atoms with Crippen molar-refractivity contribution in [3.63, 3.8) is 0 Å². The maximum absolute atomic E-state index is 12.9. The molecule has 0 aliphatic heterocycles. The molecule has 26 heavy (non-hydrogen) atoms. The summed E-state index contributed by atoms with van der Waals surface area (Å²) in [5, 5.41) is 10.3. The van der Waals surface area contributed by atoms with Crippen molar-refractivity contribution in [3.8, 4) is 10.6 Å². The Kier molecular flexibility index (Phi) is 3.63. The van der Waals surface area contributed by atoms with Gasteiger partial charge < -0.3 is 9.84 Å². The summed E-state index contributed by atoms with van der Waals surface area (Å²) in [6.07, 6.45) is 1.51. The third-order valence-electron chi connectivity index (χ3n) is 4.52. The highest BCUT2D eigenvalue weighted by Gasteiger charge is 2.54. The highest BCUT2D eigenvalue weighted by atomic mass is 35.5. The average molecular weight is 402 g/mol. The zero-order valence-electron chi connectivity index (χ0n) is 13.4. The number of rotatable bonds is 4. The first kappa shape index (κ1) is 16.0. The number of thiazole rings is 1. The van der Waals surface area contributed by atoms with Crippen molar-refractivity contribution >= 4 is 55.5 Å². The summed E-state index contributed by atoms with van der Waals surface area (Å²) in [7, 11) is 0. The van der Waals surface area contributed by atoms with Gasteiger partial charge in [0.2, 0.25) is 5.91 Å². The monoisotopic (exact) mass is 401 g/mol. The van der Waals surface area contributed by atoms with Crippen LogP contribution < -0.4 is 5.32 Å². The smallest absolute Gasteiger partial charge is 0.238 e. The zero-order valence-corrected chi connectivity index (χ0v) is 15.7. The second-order valence-corrected chi connectivity index (χ2v) is 8.64. The van der Waals surface area contributed by atoms with Gasteiger partial charge in [-0.3, -0.25) is 4.79 Å². The summed E-state index contributed by atoms with van der Waals surface area (Å²) in [4.78, 5) is 18.4. The maximum Gasteiger partial charge on any atom is 0.238 e. The first-order valence-electron chi connectivity index (χ1n) is 8.03. The molecule has 1 saturated carbocycles. The fraction of sp³-hybridized carbons (Fsp3) is 0.167. The summed E-state index contributed by atoms with van der Waals surface area (Å²) in [6, 6.07) is 11.3. The summed E-state index contributed by atoms with van der Waals surface area (Å²) in [5.41, 5.74) is 0.887. The number of anilines is 1. The summed E-state index contributed by atoms with van der Waals surface area (Å²) in [6.45, 7) is 0. The number of benzene rings is 1.